The van der Waals surface area contributed by atoms with Crippen LogP contribution in [0.3, 0.4) is 0 Å². The van der Waals surface area contributed by atoms with E-state index in [1.54, 1.807) is 6.07 Å². The van der Waals surface area contributed by atoms with Gasteiger partial charge in [0, 0.05) is 41.6 Å². The quantitative estimate of drug-likeness (QED) is 0.291. The summed E-state index contributed by atoms with van der Waals surface area (Å²) in [7, 11) is 0. The molecule has 0 spiro atoms. The minimum atomic E-state index is -4.84. The number of carbonyl (C=O) groups excluding carboxylic acids is 3. The maximum atomic E-state index is 14.5. The third-order valence-corrected chi connectivity index (χ3v) is 7.58. The maximum Gasteiger partial charge on any atom is 0.433 e. The molecule has 1 aromatic heterocycles. The Bertz CT molecular complexity index is 1560. The van der Waals surface area contributed by atoms with Crippen LogP contribution in [-0.4, -0.2) is 40.7 Å². The molecule has 1 aliphatic heterocycles. The van der Waals surface area contributed by atoms with E-state index in [1.165, 1.54) is 30.3 Å². The highest BCUT2D eigenvalue weighted by Gasteiger charge is 2.49. The van der Waals surface area contributed by atoms with Crippen molar-refractivity contribution in [3.8, 4) is 0 Å². The van der Waals surface area contributed by atoms with Crippen LogP contribution >= 0.6 is 11.6 Å². The SMILES string of the molecule is C.O=C(NC1CC(F)(F)C1)[C@H](c1ccccc1Cl)N(C(=O)[C@@H]1CCC(=O)N1c1cccc(C(F)(F)F)n1)c1cccc(F)c1. The summed E-state index contributed by atoms with van der Waals surface area (Å²) in [5.41, 5.74) is -1.36. The molecule has 7 nitrogen and oxygen atoms in total. The number of amides is 3. The number of hydrogen-bond donors (Lipinski definition) is 1. The molecule has 2 heterocycles. The van der Waals surface area contributed by atoms with E-state index in [9.17, 15) is 40.7 Å². The molecule has 2 aliphatic rings. The number of carbonyl (C=O) groups is 3. The van der Waals surface area contributed by atoms with Gasteiger partial charge < -0.3 is 5.32 Å². The molecule has 44 heavy (non-hydrogen) atoms. The molecule has 1 aliphatic carbocycles. The summed E-state index contributed by atoms with van der Waals surface area (Å²) in [4.78, 5) is 46.4. The van der Waals surface area contributed by atoms with E-state index in [-0.39, 0.29) is 36.5 Å². The van der Waals surface area contributed by atoms with Crippen LogP contribution < -0.4 is 15.1 Å². The van der Waals surface area contributed by atoms with Gasteiger partial charge in [-0.3, -0.25) is 24.2 Å². The van der Waals surface area contributed by atoms with Gasteiger partial charge in [0.15, 0.2) is 0 Å². The second-order valence-electron chi connectivity index (χ2n) is 10.3. The molecule has 0 radical (unpaired) electrons. The Kier molecular flexibility index (Phi) is 9.29. The summed E-state index contributed by atoms with van der Waals surface area (Å²) in [6.07, 6.45) is -6.49. The van der Waals surface area contributed by atoms with Crippen molar-refractivity contribution in [2.24, 2.45) is 0 Å². The first kappa shape index (κ1) is 32.8. The van der Waals surface area contributed by atoms with Crippen LogP contribution in [0.2, 0.25) is 5.02 Å². The number of pyridine rings is 1. The average Bonchev–Trinajstić information content (AvgIpc) is 3.31. The van der Waals surface area contributed by atoms with Gasteiger partial charge in [-0.1, -0.05) is 49.4 Å². The fourth-order valence-electron chi connectivity index (χ4n) is 5.25. The van der Waals surface area contributed by atoms with Gasteiger partial charge in [-0.15, -0.1) is 0 Å². The van der Waals surface area contributed by atoms with E-state index < -0.39 is 78.1 Å². The van der Waals surface area contributed by atoms with Gasteiger partial charge in [-0.05, 0) is 42.8 Å². The summed E-state index contributed by atoms with van der Waals surface area (Å²) >= 11 is 6.43. The highest BCUT2D eigenvalue weighted by Crippen LogP contribution is 2.40. The molecule has 234 valence electrons. The Morgan fingerprint density at radius 3 is 2.36 bits per heavy atom. The topological polar surface area (TPSA) is 82.6 Å². The Labute approximate surface area is 253 Å². The van der Waals surface area contributed by atoms with E-state index in [4.69, 9.17) is 11.6 Å². The lowest BCUT2D eigenvalue weighted by Crippen LogP contribution is -2.56. The van der Waals surface area contributed by atoms with Crippen LogP contribution in [0.25, 0.3) is 0 Å². The van der Waals surface area contributed by atoms with E-state index >= 15 is 0 Å². The van der Waals surface area contributed by atoms with Gasteiger partial charge in [0.2, 0.25) is 11.8 Å². The third-order valence-electron chi connectivity index (χ3n) is 7.24. The van der Waals surface area contributed by atoms with Crippen LogP contribution in [0.15, 0.2) is 66.7 Å². The number of nitrogens with one attached hydrogen (secondary N) is 1. The minimum Gasteiger partial charge on any atom is -0.351 e. The molecule has 0 bridgehead atoms. The van der Waals surface area contributed by atoms with Crippen molar-refractivity contribution < 1.29 is 40.7 Å². The number of benzene rings is 2. The second kappa shape index (κ2) is 12.5. The van der Waals surface area contributed by atoms with Gasteiger partial charge in [-0.2, -0.15) is 13.2 Å². The zero-order chi connectivity index (χ0) is 31.1. The Balaban J connectivity index is 0.00000442. The largest absolute Gasteiger partial charge is 0.433 e. The first-order chi connectivity index (χ1) is 20.2. The molecule has 2 atom stereocenters. The minimum absolute atomic E-state index is 0. The van der Waals surface area contributed by atoms with Crippen molar-refractivity contribution >= 4 is 40.8 Å². The van der Waals surface area contributed by atoms with E-state index in [2.05, 4.69) is 10.3 Å². The van der Waals surface area contributed by atoms with Gasteiger partial charge in [-0.25, -0.2) is 18.2 Å². The van der Waals surface area contributed by atoms with E-state index in [1.807, 2.05) is 0 Å². The van der Waals surface area contributed by atoms with E-state index in [0.717, 1.165) is 34.1 Å². The van der Waals surface area contributed by atoms with E-state index in [0.29, 0.717) is 6.07 Å². The molecule has 2 aromatic carbocycles. The van der Waals surface area contributed by atoms with Gasteiger partial charge in [0.05, 0.1) is 0 Å². The van der Waals surface area contributed by atoms with Gasteiger partial charge in [0.25, 0.3) is 11.8 Å². The molecule has 1 saturated carbocycles. The van der Waals surface area contributed by atoms with Crippen LogP contribution in [0.1, 0.15) is 50.4 Å². The van der Waals surface area contributed by atoms with Crippen LogP contribution in [0, 0.1) is 5.82 Å². The second-order valence-corrected chi connectivity index (χ2v) is 10.7. The van der Waals surface area contributed by atoms with Crippen LogP contribution in [-0.2, 0) is 20.6 Å². The highest BCUT2D eigenvalue weighted by atomic mass is 35.5. The zero-order valence-corrected chi connectivity index (χ0v) is 22.9. The molecule has 3 amide bonds. The predicted octanol–water partition coefficient (Wildman–Crippen LogP) is 6.71. The number of hydrogen-bond acceptors (Lipinski definition) is 4. The lowest BCUT2D eigenvalue weighted by atomic mass is 9.87. The molecule has 1 N–H and O–H groups in total. The number of halogens is 7. The number of anilines is 2. The standard InChI is InChI=1S/C29H23ClF6N4O3.CH4/c30-20-8-2-1-7-19(20)25(26(42)37-17-14-28(32,33)15-17)39(18-6-3-5-16(31)13-18)27(43)21-11-12-24(41)40(21)23-10-4-9-22(38-23)29(34,35)36;/h1-10,13,17,21,25H,11-12,14-15H2,(H,37,42);1H4/t21-,25-;/m0./s1. The van der Waals surface area contributed by atoms with Crippen LogP contribution in [0.5, 0.6) is 0 Å². The number of aromatic nitrogens is 1. The molecule has 14 heteroatoms. The van der Waals surface area contributed by atoms with Crippen LogP contribution in [0.4, 0.5) is 37.8 Å². The monoisotopic (exact) mass is 640 g/mol. The lowest BCUT2D eigenvalue weighted by Gasteiger charge is -2.39. The molecule has 2 fully saturated rings. The number of alkyl halides is 5. The third kappa shape index (κ3) is 6.67. The highest BCUT2D eigenvalue weighted by molar-refractivity contribution is 6.31. The molecule has 5 rings (SSSR count). The molecule has 0 unspecified atom stereocenters. The van der Waals surface area contributed by atoms with Crippen molar-refractivity contribution in [2.45, 2.75) is 63.3 Å². The first-order valence-corrected chi connectivity index (χ1v) is 13.5. The summed E-state index contributed by atoms with van der Waals surface area (Å²) in [5, 5.41) is 2.52. The Morgan fingerprint density at radius 2 is 1.73 bits per heavy atom. The molecular formula is C30H27ClF6N4O3. The van der Waals surface area contributed by atoms with Crippen molar-refractivity contribution in [3.63, 3.8) is 0 Å². The normalized spacial score (nSPS) is 18.7. The number of nitrogens with zero attached hydrogens (tertiary/aromatic N) is 3. The summed E-state index contributed by atoms with van der Waals surface area (Å²) in [5.74, 6) is -6.75. The van der Waals surface area contributed by atoms with Crippen molar-refractivity contribution in [1.82, 2.24) is 10.3 Å². The smallest absolute Gasteiger partial charge is 0.351 e. The number of rotatable bonds is 7. The fraction of sp³-hybridized carbons (Fsp3) is 0.333. The average molecular weight is 641 g/mol. The summed E-state index contributed by atoms with van der Waals surface area (Å²) in [6.45, 7) is 0. The molecular weight excluding hydrogens is 614 g/mol. The predicted molar refractivity (Wildman–Crippen MR) is 151 cm³/mol. The lowest BCUT2D eigenvalue weighted by molar-refractivity contribution is -0.141. The van der Waals surface area contributed by atoms with Crippen molar-refractivity contribution in [2.75, 3.05) is 9.80 Å². The zero-order valence-electron chi connectivity index (χ0n) is 22.1. The van der Waals surface area contributed by atoms with Gasteiger partial charge in [0.1, 0.15) is 29.4 Å². The first-order valence-electron chi connectivity index (χ1n) is 13.1. The maximum absolute atomic E-state index is 14.5. The fourth-order valence-corrected chi connectivity index (χ4v) is 5.49. The Morgan fingerprint density at radius 1 is 1.05 bits per heavy atom. The summed E-state index contributed by atoms with van der Waals surface area (Å²) in [6, 6.07) is 9.44. The summed E-state index contributed by atoms with van der Waals surface area (Å²) < 4.78 is 81.9. The molecule has 1 saturated heterocycles. The van der Waals surface area contributed by atoms with Gasteiger partial charge >= 0.3 is 6.18 Å². The van der Waals surface area contributed by atoms with Crippen molar-refractivity contribution in [1.29, 1.82) is 0 Å². The Hall–Kier alpha value is -4.13. The molecule has 3 aromatic rings. The van der Waals surface area contributed by atoms with Crippen molar-refractivity contribution in [3.05, 3.63) is 88.8 Å².